The highest BCUT2D eigenvalue weighted by atomic mass is 32.1. The smallest absolute Gasteiger partial charge is 0.276 e. The Morgan fingerprint density at radius 1 is 1.53 bits per heavy atom. The number of hydrogen-bond acceptors (Lipinski definition) is 3. The second-order valence-corrected chi connectivity index (χ2v) is 5.02. The van der Waals surface area contributed by atoms with Gasteiger partial charge in [0.25, 0.3) is 5.91 Å². The van der Waals surface area contributed by atoms with Gasteiger partial charge in [0.2, 0.25) is 0 Å². The van der Waals surface area contributed by atoms with Gasteiger partial charge < -0.3 is 5.32 Å². The Morgan fingerprint density at radius 3 is 2.84 bits per heavy atom. The predicted octanol–water partition coefficient (Wildman–Crippen LogP) is 1.59. The summed E-state index contributed by atoms with van der Waals surface area (Å²) >= 11 is 5.18. The number of hydrogen-bond donors (Lipinski definition) is 1. The van der Waals surface area contributed by atoms with E-state index >= 15 is 0 Å². The average molecular weight is 278 g/mol. The molecule has 5 nitrogen and oxygen atoms in total. The maximum Gasteiger partial charge on any atom is 0.276 e. The standard InChI is InChI=1S/C13H18N4OS/c1-4-5-6-17-12(18)11(14-13(17)19)8-10-7-9(2)16(3)15-10/h7-8H,4-6H2,1-3H3,(H,14,19)/b11-8+. The third kappa shape index (κ3) is 2.84. The molecule has 1 saturated heterocycles. The molecule has 102 valence electrons. The van der Waals surface area contributed by atoms with E-state index in [1.165, 1.54) is 0 Å². The fourth-order valence-electron chi connectivity index (χ4n) is 1.90. The van der Waals surface area contributed by atoms with Crippen LogP contribution in [-0.4, -0.2) is 32.2 Å². The molecule has 0 radical (unpaired) electrons. The zero-order chi connectivity index (χ0) is 14.0. The first kappa shape index (κ1) is 13.7. The molecule has 19 heavy (non-hydrogen) atoms. The van der Waals surface area contributed by atoms with Gasteiger partial charge in [0.05, 0.1) is 5.69 Å². The molecule has 0 aliphatic carbocycles. The summed E-state index contributed by atoms with van der Waals surface area (Å²) in [5, 5.41) is 7.75. The summed E-state index contributed by atoms with van der Waals surface area (Å²) in [5.74, 6) is -0.0678. The molecule has 1 amide bonds. The van der Waals surface area contributed by atoms with Crippen LogP contribution >= 0.6 is 12.2 Å². The Kier molecular flexibility index (Phi) is 3.99. The van der Waals surface area contributed by atoms with Crippen molar-refractivity contribution < 1.29 is 4.79 Å². The fraction of sp³-hybridized carbons (Fsp3) is 0.462. The van der Waals surface area contributed by atoms with Gasteiger partial charge in [-0.15, -0.1) is 0 Å². The van der Waals surface area contributed by atoms with Gasteiger partial charge in [-0.25, -0.2) is 0 Å². The SMILES string of the molecule is CCCCN1C(=O)/C(=C\c2cc(C)n(C)n2)NC1=S. The van der Waals surface area contributed by atoms with Crippen LogP contribution in [0.3, 0.4) is 0 Å². The van der Waals surface area contributed by atoms with Crippen molar-refractivity contribution in [1.29, 1.82) is 0 Å². The fourth-order valence-corrected chi connectivity index (χ4v) is 2.18. The summed E-state index contributed by atoms with van der Waals surface area (Å²) in [4.78, 5) is 13.8. The Bertz CT molecular complexity index is 527. The lowest BCUT2D eigenvalue weighted by atomic mass is 10.3. The first-order valence-corrected chi connectivity index (χ1v) is 6.79. The van der Waals surface area contributed by atoms with Gasteiger partial charge in [0.15, 0.2) is 5.11 Å². The van der Waals surface area contributed by atoms with Crippen molar-refractivity contribution in [1.82, 2.24) is 20.0 Å². The van der Waals surface area contributed by atoms with Crippen LogP contribution in [0, 0.1) is 6.92 Å². The van der Waals surface area contributed by atoms with Gasteiger partial charge in [-0.3, -0.25) is 14.4 Å². The molecular weight excluding hydrogens is 260 g/mol. The maximum absolute atomic E-state index is 12.2. The van der Waals surface area contributed by atoms with Crippen LogP contribution in [0.5, 0.6) is 0 Å². The Hall–Kier alpha value is -1.69. The summed E-state index contributed by atoms with van der Waals surface area (Å²) in [6.45, 7) is 4.72. The maximum atomic E-state index is 12.2. The van der Waals surface area contributed by atoms with E-state index in [2.05, 4.69) is 17.3 Å². The van der Waals surface area contributed by atoms with Crippen LogP contribution in [-0.2, 0) is 11.8 Å². The molecule has 1 aromatic rings. The zero-order valence-electron chi connectivity index (χ0n) is 11.4. The molecule has 6 heteroatoms. The minimum atomic E-state index is -0.0678. The number of aromatic nitrogens is 2. The van der Waals surface area contributed by atoms with Crippen molar-refractivity contribution in [2.24, 2.45) is 7.05 Å². The molecule has 2 heterocycles. The van der Waals surface area contributed by atoms with Crippen LogP contribution < -0.4 is 5.32 Å². The van der Waals surface area contributed by atoms with Crippen molar-refractivity contribution in [3.8, 4) is 0 Å². The van der Waals surface area contributed by atoms with Gasteiger partial charge in [-0.2, -0.15) is 5.10 Å². The third-order valence-corrected chi connectivity index (χ3v) is 3.44. The average Bonchev–Trinajstić information content (AvgIpc) is 2.80. The lowest BCUT2D eigenvalue weighted by molar-refractivity contribution is -0.122. The molecule has 2 rings (SSSR count). The van der Waals surface area contributed by atoms with E-state index in [-0.39, 0.29) is 5.91 Å². The van der Waals surface area contributed by atoms with E-state index in [0.717, 1.165) is 24.2 Å². The number of rotatable bonds is 4. The first-order chi connectivity index (χ1) is 9.02. The molecule has 1 N–H and O–H groups in total. The van der Waals surface area contributed by atoms with E-state index in [9.17, 15) is 4.79 Å². The molecule has 0 bridgehead atoms. The molecular formula is C13H18N4OS. The number of amides is 1. The van der Waals surface area contributed by atoms with Crippen molar-refractivity contribution in [3.05, 3.63) is 23.2 Å². The van der Waals surface area contributed by atoms with E-state index in [1.807, 2.05) is 20.0 Å². The van der Waals surface area contributed by atoms with Crippen LogP contribution in [0.2, 0.25) is 0 Å². The Labute approximate surface area is 118 Å². The van der Waals surface area contributed by atoms with Gasteiger partial charge >= 0.3 is 0 Å². The highest BCUT2D eigenvalue weighted by Crippen LogP contribution is 2.14. The van der Waals surface area contributed by atoms with Crippen LogP contribution in [0.15, 0.2) is 11.8 Å². The number of nitrogens with one attached hydrogen (secondary N) is 1. The first-order valence-electron chi connectivity index (χ1n) is 6.38. The van der Waals surface area contributed by atoms with Crippen molar-refractivity contribution in [3.63, 3.8) is 0 Å². The molecule has 1 fully saturated rings. The van der Waals surface area contributed by atoms with Gasteiger partial charge in [-0.05, 0) is 37.7 Å². The predicted molar refractivity (Wildman–Crippen MR) is 78.3 cm³/mol. The number of unbranched alkanes of at least 4 members (excludes halogenated alkanes) is 1. The number of nitrogens with zero attached hydrogens (tertiary/aromatic N) is 3. The molecule has 1 aliphatic rings. The summed E-state index contributed by atoms with van der Waals surface area (Å²) in [6.07, 6.45) is 3.72. The second-order valence-electron chi connectivity index (χ2n) is 4.63. The molecule has 0 saturated carbocycles. The summed E-state index contributed by atoms with van der Waals surface area (Å²) in [5.41, 5.74) is 2.30. The van der Waals surface area contributed by atoms with E-state index < -0.39 is 0 Å². The normalized spacial score (nSPS) is 17.4. The minimum absolute atomic E-state index is 0.0678. The number of carbonyl (C=O) groups excluding carboxylic acids is 1. The second kappa shape index (κ2) is 5.52. The van der Waals surface area contributed by atoms with E-state index in [1.54, 1.807) is 15.7 Å². The van der Waals surface area contributed by atoms with E-state index in [0.29, 0.717) is 17.4 Å². The molecule has 0 unspecified atom stereocenters. The monoisotopic (exact) mass is 278 g/mol. The van der Waals surface area contributed by atoms with Gasteiger partial charge in [0.1, 0.15) is 5.70 Å². The zero-order valence-corrected chi connectivity index (χ0v) is 12.3. The van der Waals surface area contributed by atoms with Crippen molar-refractivity contribution >= 4 is 29.3 Å². The van der Waals surface area contributed by atoms with Crippen LogP contribution in [0.1, 0.15) is 31.2 Å². The lowest BCUT2D eigenvalue weighted by Gasteiger charge is -2.12. The lowest BCUT2D eigenvalue weighted by Crippen LogP contribution is -2.31. The van der Waals surface area contributed by atoms with E-state index in [4.69, 9.17) is 12.2 Å². The van der Waals surface area contributed by atoms with Crippen molar-refractivity contribution in [2.75, 3.05) is 6.54 Å². The van der Waals surface area contributed by atoms with Crippen LogP contribution in [0.25, 0.3) is 6.08 Å². The Balaban J connectivity index is 2.18. The largest absolute Gasteiger partial charge is 0.328 e. The molecule has 1 aromatic heterocycles. The summed E-state index contributed by atoms with van der Waals surface area (Å²) < 4.78 is 1.78. The number of thiocarbonyl (C=S) groups is 1. The van der Waals surface area contributed by atoms with Gasteiger partial charge in [-0.1, -0.05) is 13.3 Å². The quantitative estimate of drug-likeness (QED) is 0.671. The summed E-state index contributed by atoms with van der Waals surface area (Å²) in [6, 6.07) is 1.93. The van der Waals surface area contributed by atoms with Crippen LogP contribution in [0.4, 0.5) is 0 Å². The molecule has 1 aliphatic heterocycles. The summed E-state index contributed by atoms with van der Waals surface area (Å²) in [7, 11) is 1.87. The Morgan fingerprint density at radius 2 is 2.26 bits per heavy atom. The highest BCUT2D eigenvalue weighted by Gasteiger charge is 2.30. The highest BCUT2D eigenvalue weighted by molar-refractivity contribution is 7.80. The molecule has 0 atom stereocenters. The third-order valence-electron chi connectivity index (χ3n) is 3.12. The minimum Gasteiger partial charge on any atom is -0.328 e. The number of carbonyl (C=O) groups is 1. The van der Waals surface area contributed by atoms with Crippen molar-refractivity contribution in [2.45, 2.75) is 26.7 Å². The number of aryl methyl sites for hydroxylation is 2. The topological polar surface area (TPSA) is 50.2 Å². The van der Waals surface area contributed by atoms with Gasteiger partial charge in [0, 0.05) is 19.3 Å². The molecule has 0 spiro atoms. The molecule has 0 aromatic carbocycles.